The fourth-order valence-corrected chi connectivity index (χ4v) is 12.7. The number of amides is 6. The van der Waals surface area contributed by atoms with Gasteiger partial charge in [0.25, 0.3) is 17.1 Å². The molecule has 129 heavy (non-hydrogen) atoms. The first-order valence-electron chi connectivity index (χ1n) is 38.5. The number of nitrogens with zero attached hydrogens (tertiary/aromatic N) is 17. The van der Waals surface area contributed by atoms with Gasteiger partial charge in [-0.1, -0.05) is 39.8 Å². The number of fused-ring (bicyclic) bond motifs is 1. The Hall–Kier alpha value is -15.9. The third-order valence-corrected chi connectivity index (χ3v) is 19.6. The van der Waals surface area contributed by atoms with Crippen LogP contribution in [-0.4, -0.2) is 146 Å². The maximum absolute atomic E-state index is 13.6. The first-order chi connectivity index (χ1) is 61.7. The Morgan fingerprint density at radius 1 is 0.496 bits per heavy atom. The molecule has 0 unspecified atom stereocenters. The quantitative estimate of drug-likeness (QED) is 0.00770. The van der Waals surface area contributed by atoms with Crippen LogP contribution in [0, 0.1) is 53.6 Å². The number of aliphatic imine (C=N–C) groups is 1. The van der Waals surface area contributed by atoms with Crippen molar-refractivity contribution in [3.63, 3.8) is 0 Å². The lowest BCUT2D eigenvalue weighted by Crippen LogP contribution is -2.41. The highest BCUT2D eigenvalue weighted by Crippen LogP contribution is 2.41. The summed E-state index contributed by atoms with van der Waals surface area (Å²) in [6, 6.07) is 29.7. The number of hydrogen-bond donors (Lipinski definition) is 10. The highest BCUT2D eigenvalue weighted by Gasteiger charge is 2.52. The largest absolute Gasteiger partial charge is 0.496 e. The average Bonchev–Trinajstić information content (AvgIpc) is 1.57. The van der Waals surface area contributed by atoms with Crippen LogP contribution < -0.4 is 55.0 Å². The molecule has 0 saturated carbocycles. The molecule has 0 aliphatic carbocycles. The SMILES string of the molecule is CC1(C)OB(c2cncc(F)c2)OC1(C)C.CCNC(=O)N=C(NC(=O)NCC)SCc1ccc([N+](=O)[O-])cc1.CCNC(=O)Nc1nc2c(-c3ncccn3)cc(-c3cncc(F)c3)cc2[nH]1.Nc1c(-c2ncccn2)cc(-c2cncc(F)c2)cc1[N+](=O)[O-].Nc1c(-c2ncccn2)cc(Br)cc1[N+](=O)[O-].Nc1cc(-c2cncc(F)c2)cc(-c2ncccn2)c1N. The van der Waals surface area contributed by atoms with Gasteiger partial charge in [0.2, 0.25) is 5.95 Å². The number of pyridine rings is 4. The number of halogens is 5. The van der Waals surface area contributed by atoms with Crippen LogP contribution in [-0.2, 0) is 15.1 Å². The molecule has 0 atom stereocenters. The molecular weight excluding hydrogens is 1760 g/mol. The Labute approximate surface area is 744 Å². The van der Waals surface area contributed by atoms with Crippen molar-refractivity contribution in [1.82, 2.24) is 91.0 Å². The van der Waals surface area contributed by atoms with E-state index in [2.05, 4.69) is 117 Å². The number of aromatic amines is 1. The number of rotatable bonds is 17. The summed E-state index contributed by atoms with van der Waals surface area (Å²) >= 11 is 4.34. The predicted octanol–water partition coefficient (Wildman–Crippen LogP) is 14.9. The summed E-state index contributed by atoms with van der Waals surface area (Å²) in [5, 5.41) is 45.7. The number of nitrogens with two attached hydrogens (primary N) is 4. The number of urea groups is 3. The van der Waals surface area contributed by atoms with E-state index in [0.717, 1.165) is 47.7 Å². The van der Waals surface area contributed by atoms with Crippen LogP contribution in [0.1, 0.15) is 54.0 Å². The molecule has 5 aromatic carbocycles. The summed E-state index contributed by atoms with van der Waals surface area (Å²) in [7, 11) is -0.548. The Balaban J connectivity index is 0.000000163. The highest BCUT2D eigenvalue weighted by atomic mass is 79.9. The minimum atomic E-state index is -0.599. The van der Waals surface area contributed by atoms with E-state index in [0.29, 0.717) is 125 Å². The van der Waals surface area contributed by atoms with E-state index in [1.807, 2.05) is 46.8 Å². The first kappa shape index (κ1) is 95.3. The van der Waals surface area contributed by atoms with Crippen molar-refractivity contribution in [2.75, 3.05) is 47.9 Å². The molecule has 1 fully saturated rings. The number of carbonyl (C=O) groups is 3. The molecule has 38 nitrogen and oxygen atoms in total. The molecule has 660 valence electrons. The van der Waals surface area contributed by atoms with Gasteiger partial charge in [0.15, 0.2) is 28.5 Å². The van der Waals surface area contributed by atoms with Gasteiger partial charge in [-0.05, 0) is 156 Å². The van der Waals surface area contributed by atoms with Crippen LogP contribution in [0.2, 0.25) is 0 Å². The van der Waals surface area contributed by atoms with Crippen LogP contribution in [0.3, 0.4) is 0 Å². The van der Waals surface area contributed by atoms with E-state index in [-0.39, 0.29) is 57.2 Å². The molecular formula is C84H79BBrF4N27O11S. The van der Waals surface area contributed by atoms with Gasteiger partial charge in [0, 0.05) is 167 Å². The monoisotopic (exact) mass is 1840 g/mol. The number of amidine groups is 1. The zero-order valence-electron chi connectivity index (χ0n) is 69.4. The summed E-state index contributed by atoms with van der Waals surface area (Å²) in [5.41, 5.74) is 31.1. The molecule has 0 radical (unpaired) electrons. The Kier molecular flexibility index (Phi) is 33.0. The lowest BCUT2D eigenvalue weighted by atomic mass is 9.80. The van der Waals surface area contributed by atoms with Crippen molar-refractivity contribution in [2.24, 2.45) is 4.99 Å². The number of hydrogen-bond acceptors (Lipinski definition) is 29. The van der Waals surface area contributed by atoms with E-state index in [4.69, 9.17) is 32.2 Å². The van der Waals surface area contributed by atoms with Crippen LogP contribution in [0.5, 0.6) is 0 Å². The highest BCUT2D eigenvalue weighted by molar-refractivity contribution is 9.10. The lowest BCUT2D eigenvalue weighted by Gasteiger charge is -2.32. The molecule has 14 N–H and O–H groups in total. The van der Waals surface area contributed by atoms with Gasteiger partial charge in [-0.3, -0.25) is 60.9 Å². The van der Waals surface area contributed by atoms with Crippen LogP contribution in [0.15, 0.2) is 230 Å². The lowest BCUT2D eigenvalue weighted by molar-refractivity contribution is -0.384. The summed E-state index contributed by atoms with van der Waals surface area (Å²) in [4.78, 5) is 126. The number of anilines is 5. The molecule has 1 aliphatic heterocycles. The second kappa shape index (κ2) is 44.6. The maximum Gasteiger partial charge on any atom is 0.496 e. The minimum absolute atomic E-state index is 0.000382. The second-order valence-corrected chi connectivity index (χ2v) is 29.7. The molecule has 1 aliphatic rings. The van der Waals surface area contributed by atoms with E-state index in [1.54, 1.807) is 130 Å². The number of thioether (sulfide) groups is 1. The summed E-state index contributed by atoms with van der Waals surface area (Å²) in [6.45, 7) is 14.5. The predicted molar refractivity (Wildman–Crippen MR) is 483 cm³/mol. The van der Waals surface area contributed by atoms with Gasteiger partial charge in [-0.2, -0.15) is 4.99 Å². The molecule has 9 aromatic heterocycles. The first-order valence-corrected chi connectivity index (χ1v) is 40.2. The zero-order valence-corrected chi connectivity index (χ0v) is 71.8. The zero-order chi connectivity index (χ0) is 93.1. The summed E-state index contributed by atoms with van der Waals surface area (Å²) in [5.74, 6) is 0.442. The van der Waals surface area contributed by atoms with Crippen LogP contribution >= 0.6 is 27.7 Å². The number of benzene rings is 5. The summed E-state index contributed by atoms with van der Waals surface area (Å²) in [6.07, 6.45) is 23.2. The van der Waals surface area contributed by atoms with E-state index in [9.17, 15) is 62.3 Å². The number of non-ortho nitro benzene ring substituents is 1. The van der Waals surface area contributed by atoms with Crippen molar-refractivity contribution in [3.05, 3.63) is 284 Å². The fourth-order valence-electron chi connectivity index (χ4n) is 11.5. The number of carbonyl (C=O) groups excluding carboxylic acids is 3. The Morgan fingerprint density at radius 3 is 1.36 bits per heavy atom. The van der Waals surface area contributed by atoms with Gasteiger partial charge in [0.05, 0.1) is 73.2 Å². The average molecular weight is 1840 g/mol. The van der Waals surface area contributed by atoms with E-state index < -0.39 is 62.6 Å². The van der Waals surface area contributed by atoms with Crippen molar-refractivity contribution in [2.45, 2.75) is 65.4 Å². The van der Waals surface area contributed by atoms with Crippen molar-refractivity contribution in [1.29, 1.82) is 0 Å². The molecule has 10 heterocycles. The van der Waals surface area contributed by atoms with Gasteiger partial charge < -0.3 is 53.2 Å². The molecule has 6 amide bonds. The third kappa shape index (κ3) is 26.4. The number of imidazole rings is 1. The van der Waals surface area contributed by atoms with Crippen LogP contribution in [0.25, 0.3) is 90.0 Å². The summed E-state index contributed by atoms with van der Waals surface area (Å²) < 4.78 is 65.5. The number of nitrogen functional groups attached to an aromatic ring is 4. The molecule has 1 saturated heterocycles. The number of nitro benzene ring substituents is 3. The van der Waals surface area contributed by atoms with Crippen LogP contribution in [0.4, 0.5) is 77.7 Å². The molecule has 15 rings (SSSR count). The number of aromatic nitrogens is 14. The van der Waals surface area contributed by atoms with Gasteiger partial charge in [-0.25, -0.2) is 76.8 Å². The molecule has 14 aromatic rings. The Bertz CT molecular complexity index is 6350. The van der Waals surface area contributed by atoms with E-state index in [1.165, 1.54) is 67.1 Å². The normalized spacial score (nSPS) is 12.1. The molecule has 45 heteroatoms. The Morgan fingerprint density at radius 2 is 0.907 bits per heavy atom. The molecule has 0 spiro atoms. The second-order valence-electron chi connectivity index (χ2n) is 27.8. The van der Waals surface area contributed by atoms with Gasteiger partial charge in [0.1, 0.15) is 40.2 Å². The standard InChI is InChI=1S/C19H16FN7O.C15H10FN5O2.C15H12FN5.C14H19N5O4S.C11H15BFNO2.C10H7BrN4O2/c1-2-22-19(28)27-18-25-15-8-11(12-6-13(20)10-21-9-12)7-14(16(15)26-18)17-23-4-3-5-24-17;16-11-4-10(7-18-8-11)9-5-12(15-19-2-1-3-20-15)14(17)13(6-9)21(22)23;16-11-4-10(7-19-8-11)9-5-12(14(18)13(17)6-9)15-20-2-1-3-21-15;1-3-15-12(20)17-14(18-13(21)16-4-2)24-9-10-5-7-11(8-6-10)19(22)23;1-10(2)11(3,4)16-12(15-10)8-5-9(13)7-14-6-8;11-6-4-7(10-13-2-1-3-14-10)9(12)8(5-6)15(16)17/h3-10H,2H2,1H3,(H3,22,25,26,27,28);1-8H,17H2;1-8H,17-18H2;5-8H,3-4,9H2,1-2H3,(H3,15,16,17,18,20,21);5-7H,1-4H3;1-5H,12H2. The van der Waals surface area contributed by atoms with Gasteiger partial charge >= 0.3 is 25.2 Å². The maximum atomic E-state index is 13.6. The topological polar surface area (TPSA) is 559 Å². The van der Waals surface area contributed by atoms with E-state index >= 15 is 0 Å². The van der Waals surface area contributed by atoms with Crippen molar-refractivity contribution >= 4 is 120 Å². The van der Waals surface area contributed by atoms with Gasteiger partial charge in [-0.15, -0.1) is 0 Å². The minimum Gasteiger partial charge on any atom is -0.399 e. The van der Waals surface area contributed by atoms with Crippen molar-refractivity contribution < 1.29 is 56.0 Å². The smallest absolute Gasteiger partial charge is 0.399 e. The number of nitro groups is 3. The number of H-pyrrole nitrogens is 1. The molecule has 0 bridgehead atoms. The number of nitrogens with one attached hydrogen (secondary N) is 6. The van der Waals surface area contributed by atoms with Crippen molar-refractivity contribution in [3.8, 4) is 78.9 Å². The fraction of sp³-hybridized carbons (Fsp3) is 0.155. The third-order valence-electron chi connectivity index (χ3n) is 18.2.